The Bertz CT molecular complexity index is 1160. The number of aliphatic hydroxyl groups excluding tert-OH is 1. The molecule has 0 amide bonds. The van der Waals surface area contributed by atoms with Crippen molar-refractivity contribution in [2.24, 2.45) is 0 Å². The van der Waals surface area contributed by atoms with Crippen molar-refractivity contribution in [3.8, 4) is 11.1 Å². The molecule has 1 aromatic carbocycles. The minimum atomic E-state index is -0.103. The van der Waals surface area contributed by atoms with E-state index in [1.54, 1.807) is 16.9 Å². The quantitative estimate of drug-likeness (QED) is 0.343. The van der Waals surface area contributed by atoms with E-state index in [4.69, 9.17) is 10.7 Å². The number of nitrogens with one attached hydrogen (secondary N) is 2. The smallest absolute Gasteiger partial charge is 0.165 e. The number of rotatable bonds is 8. The van der Waals surface area contributed by atoms with Gasteiger partial charge in [-0.15, -0.1) is 0 Å². The van der Waals surface area contributed by atoms with Gasteiger partial charge in [-0.3, -0.25) is 5.10 Å². The highest BCUT2D eigenvalue weighted by molar-refractivity contribution is 5.87. The number of aromatic amines is 1. The van der Waals surface area contributed by atoms with Crippen LogP contribution in [0.25, 0.3) is 27.7 Å². The van der Waals surface area contributed by atoms with Gasteiger partial charge in [-0.2, -0.15) is 14.7 Å². The Kier molecular flexibility index (Phi) is 5.18. The SMILES string of the molecule is C=C(O)C(CCCc1cc(N)n2ncc(-c3ccc4[nH]ncc4c3)c2n1)NCC. The summed E-state index contributed by atoms with van der Waals surface area (Å²) in [4.78, 5) is 4.82. The molecule has 1 atom stereocenters. The van der Waals surface area contributed by atoms with E-state index in [0.717, 1.165) is 59.2 Å². The fourth-order valence-electron chi connectivity index (χ4n) is 3.60. The van der Waals surface area contributed by atoms with Gasteiger partial charge < -0.3 is 16.2 Å². The number of hydrogen-bond donors (Lipinski definition) is 4. The summed E-state index contributed by atoms with van der Waals surface area (Å²) < 4.78 is 1.66. The molecule has 0 spiro atoms. The van der Waals surface area contributed by atoms with Crippen molar-refractivity contribution in [1.82, 2.24) is 30.1 Å². The van der Waals surface area contributed by atoms with Gasteiger partial charge in [-0.05, 0) is 43.5 Å². The molecule has 3 heterocycles. The van der Waals surface area contributed by atoms with E-state index in [0.29, 0.717) is 5.82 Å². The van der Waals surface area contributed by atoms with Gasteiger partial charge in [0.2, 0.25) is 0 Å². The first-order valence-electron chi connectivity index (χ1n) is 9.74. The minimum absolute atomic E-state index is 0.103. The molecule has 29 heavy (non-hydrogen) atoms. The molecule has 0 fully saturated rings. The molecule has 0 bridgehead atoms. The molecule has 3 aromatic heterocycles. The zero-order chi connectivity index (χ0) is 20.4. The third-order valence-corrected chi connectivity index (χ3v) is 5.08. The lowest BCUT2D eigenvalue weighted by Crippen LogP contribution is -2.30. The Morgan fingerprint density at radius 3 is 3.00 bits per heavy atom. The number of likely N-dealkylation sites (N-methyl/N-ethyl adjacent to an activating group) is 1. The second-order valence-electron chi connectivity index (χ2n) is 7.13. The molecule has 4 rings (SSSR count). The van der Waals surface area contributed by atoms with E-state index in [1.807, 2.05) is 25.1 Å². The van der Waals surface area contributed by atoms with Crippen LogP contribution in [0.5, 0.6) is 0 Å². The average Bonchev–Trinajstić information content (AvgIpc) is 3.33. The second kappa shape index (κ2) is 7.92. The summed E-state index contributed by atoms with van der Waals surface area (Å²) in [6.45, 7) is 6.44. The summed E-state index contributed by atoms with van der Waals surface area (Å²) >= 11 is 0. The Balaban J connectivity index is 1.60. The van der Waals surface area contributed by atoms with Crippen LogP contribution >= 0.6 is 0 Å². The van der Waals surface area contributed by atoms with Gasteiger partial charge in [0.25, 0.3) is 0 Å². The summed E-state index contributed by atoms with van der Waals surface area (Å²) in [7, 11) is 0. The largest absolute Gasteiger partial charge is 0.511 e. The highest BCUT2D eigenvalue weighted by Crippen LogP contribution is 2.28. The van der Waals surface area contributed by atoms with Crippen LogP contribution in [0.3, 0.4) is 0 Å². The average molecular weight is 391 g/mol. The van der Waals surface area contributed by atoms with E-state index in [1.165, 1.54) is 0 Å². The first-order valence-corrected chi connectivity index (χ1v) is 9.74. The minimum Gasteiger partial charge on any atom is -0.511 e. The normalized spacial score (nSPS) is 12.6. The van der Waals surface area contributed by atoms with Crippen LogP contribution in [-0.2, 0) is 6.42 Å². The van der Waals surface area contributed by atoms with Gasteiger partial charge in [0.05, 0.1) is 24.0 Å². The fraction of sp³-hybridized carbons (Fsp3) is 0.286. The molecule has 0 aliphatic rings. The van der Waals surface area contributed by atoms with Crippen LogP contribution in [0, 0.1) is 0 Å². The van der Waals surface area contributed by atoms with Crippen LogP contribution in [0.2, 0.25) is 0 Å². The molecular formula is C21H25N7O. The third kappa shape index (κ3) is 3.79. The summed E-state index contributed by atoms with van der Waals surface area (Å²) in [5.74, 6) is 0.720. The standard InChI is InChI=1S/C21H25N7O/c1-3-23-18(13(2)29)6-4-5-16-10-20(22)28-21(26-16)17(12-25-28)14-7-8-19-15(9-14)11-24-27-19/h7-12,18,23,29H,2-6,22H2,1H3,(H,24,27). The Hall–Kier alpha value is -3.39. The van der Waals surface area contributed by atoms with Gasteiger partial charge in [0.15, 0.2) is 5.65 Å². The zero-order valence-corrected chi connectivity index (χ0v) is 16.4. The Labute approximate surface area is 168 Å². The number of nitrogens with two attached hydrogens (primary N) is 1. The molecule has 0 aliphatic heterocycles. The topological polar surface area (TPSA) is 117 Å². The van der Waals surface area contributed by atoms with Crippen molar-refractivity contribution in [2.75, 3.05) is 12.3 Å². The molecule has 0 saturated heterocycles. The monoisotopic (exact) mass is 391 g/mol. The van der Waals surface area contributed by atoms with Crippen LogP contribution in [-0.4, -0.2) is 42.5 Å². The number of aliphatic hydroxyl groups is 1. The van der Waals surface area contributed by atoms with Crippen molar-refractivity contribution < 1.29 is 5.11 Å². The zero-order valence-electron chi connectivity index (χ0n) is 16.4. The summed E-state index contributed by atoms with van der Waals surface area (Å²) in [5.41, 5.74) is 10.8. The summed E-state index contributed by atoms with van der Waals surface area (Å²) in [6, 6.07) is 7.84. The number of hydrogen-bond acceptors (Lipinski definition) is 6. The number of benzene rings is 1. The molecule has 8 nitrogen and oxygen atoms in total. The lowest BCUT2D eigenvalue weighted by atomic mass is 10.1. The molecule has 1 unspecified atom stereocenters. The van der Waals surface area contributed by atoms with Crippen molar-refractivity contribution in [3.05, 3.63) is 54.7 Å². The number of aromatic nitrogens is 5. The molecule has 0 aliphatic carbocycles. The highest BCUT2D eigenvalue weighted by atomic mass is 16.3. The van der Waals surface area contributed by atoms with Crippen molar-refractivity contribution in [1.29, 1.82) is 0 Å². The lowest BCUT2D eigenvalue weighted by molar-refractivity contribution is 0.332. The molecule has 0 saturated carbocycles. The summed E-state index contributed by atoms with van der Waals surface area (Å²) in [6.07, 6.45) is 5.97. The van der Waals surface area contributed by atoms with Gasteiger partial charge in [-0.1, -0.05) is 19.6 Å². The van der Waals surface area contributed by atoms with Gasteiger partial charge in [-0.25, -0.2) is 4.98 Å². The maximum atomic E-state index is 9.71. The number of aryl methyl sites for hydroxylation is 1. The number of nitrogens with zero attached hydrogens (tertiary/aromatic N) is 4. The first-order chi connectivity index (χ1) is 14.1. The number of fused-ring (bicyclic) bond motifs is 2. The van der Waals surface area contributed by atoms with Crippen molar-refractivity contribution >= 4 is 22.4 Å². The van der Waals surface area contributed by atoms with Crippen LogP contribution in [0.4, 0.5) is 5.82 Å². The van der Waals surface area contributed by atoms with E-state index in [2.05, 4.69) is 33.3 Å². The molecular weight excluding hydrogens is 366 g/mol. The van der Waals surface area contributed by atoms with Gasteiger partial charge >= 0.3 is 0 Å². The number of nitrogen functional groups attached to an aromatic ring is 1. The van der Waals surface area contributed by atoms with Crippen LogP contribution in [0.1, 0.15) is 25.5 Å². The maximum Gasteiger partial charge on any atom is 0.165 e. The summed E-state index contributed by atoms with van der Waals surface area (Å²) in [5, 5.41) is 25.4. The van der Waals surface area contributed by atoms with E-state index in [-0.39, 0.29) is 11.8 Å². The fourth-order valence-corrected chi connectivity index (χ4v) is 3.60. The second-order valence-corrected chi connectivity index (χ2v) is 7.13. The molecule has 0 radical (unpaired) electrons. The Morgan fingerprint density at radius 1 is 1.34 bits per heavy atom. The van der Waals surface area contributed by atoms with Crippen molar-refractivity contribution in [2.45, 2.75) is 32.2 Å². The van der Waals surface area contributed by atoms with Gasteiger partial charge in [0.1, 0.15) is 11.6 Å². The molecule has 4 aromatic rings. The molecule has 8 heteroatoms. The van der Waals surface area contributed by atoms with Gasteiger partial charge in [0, 0.05) is 22.7 Å². The molecule has 5 N–H and O–H groups in total. The first kappa shape index (κ1) is 18.9. The predicted octanol–water partition coefficient (Wildman–Crippen LogP) is 3.23. The number of anilines is 1. The lowest BCUT2D eigenvalue weighted by Gasteiger charge is -2.16. The van der Waals surface area contributed by atoms with E-state index < -0.39 is 0 Å². The van der Waals surface area contributed by atoms with Crippen molar-refractivity contribution in [3.63, 3.8) is 0 Å². The number of H-pyrrole nitrogens is 1. The highest BCUT2D eigenvalue weighted by Gasteiger charge is 2.14. The van der Waals surface area contributed by atoms with E-state index >= 15 is 0 Å². The molecule has 150 valence electrons. The van der Waals surface area contributed by atoms with Crippen LogP contribution < -0.4 is 11.1 Å². The van der Waals surface area contributed by atoms with Crippen LogP contribution in [0.15, 0.2) is 49.0 Å². The third-order valence-electron chi connectivity index (χ3n) is 5.08. The predicted molar refractivity (Wildman–Crippen MR) is 115 cm³/mol. The van der Waals surface area contributed by atoms with E-state index in [9.17, 15) is 5.11 Å². The Morgan fingerprint density at radius 2 is 2.21 bits per heavy atom. The maximum absolute atomic E-state index is 9.71.